The molecular formula is C24H29Cl4N3O4S. The summed E-state index contributed by atoms with van der Waals surface area (Å²) < 4.78 is 26.2. The van der Waals surface area contributed by atoms with Gasteiger partial charge in [-0.2, -0.15) is 0 Å². The van der Waals surface area contributed by atoms with Crippen molar-refractivity contribution in [1.29, 1.82) is 0 Å². The lowest BCUT2D eigenvalue weighted by Crippen LogP contribution is -2.52. The second-order valence-electron chi connectivity index (χ2n) is 8.19. The summed E-state index contributed by atoms with van der Waals surface area (Å²) in [6.45, 7) is 3.64. The van der Waals surface area contributed by atoms with Crippen molar-refractivity contribution in [1.82, 2.24) is 10.2 Å². The van der Waals surface area contributed by atoms with E-state index in [4.69, 9.17) is 46.4 Å². The molecule has 1 N–H and O–H groups in total. The van der Waals surface area contributed by atoms with E-state index < -0.39 is 28.5 Å². The minimum Gasteiger partial charge on any atom is -0.354 e. The number of sulfonamides is 1. The standard InChI is InChI=1S/C24H29Cl4N3O4S/c1-4-6-11-29-24(33)21(5-2)30(14-16-7-8-17(25)12-19(16)27)23(32)15-31(36(3,34)35)22-10-9-18(26)13-20(22)28/h7-10,12-13,21H,4-6,11,14-15H2,1-3H3,(H,29,33)/t21-/m0/s1. The molecule has 2 aromatic carbocycles. The first-order valence-electron chi connectivity index (χ1n) is 11.3. The van der Waals surface area contributed by atoms with Gasteiger partial charge in [-0.1, -0.05) is 72.7 Å². The number of rotatable bonds is 12. The van der Waals surface area contributed by atoms with Crippen LogP contribution in [-0.4, -0.2) is 50.5 Å². The summed E-state index contributed by atoms with van der Waals surface area (Å²) in [6.07, 6.45) is 2.96. The molecule has 0 aliphatic carbocycles. The SMILES string of the molecule is CCCCNC(=O)[C@H](CC)N(Cc1ccc(Cl)cc1Cl)C(=O)CN(c1ccc(Cl)cc1Cl)S(C)(=O)=O. The highest BCUT2D eigenvalue weighted by molar-refractivity contribution is 7.92. The summed E-state index contributed by atoms with van der Waals surface area (Å²) in [6, 6.07) is 8.27. The van der Waals surface area contributed by atoms with Crippen LogP contribution in [0.25, 0.3) is 0 Å². The van der Waals surface area contributed by atoms with Crippen molar-refractivity contribution in [2.75, 3.05) is 23.7 Å². The Balaban J connectivity index is 2.47. The molecule has 0 spiro atoms. The molecule has 2 amide bonds. The van der Waals surface area contributed by atoms with Gasteiger partial charge in [0.05, 0.1) is 17.0 Å². The van der Waals surface area contributed by atoms with E-state index >= 15 is 0 Å². The number of hydrogen-bond donors (Lipinski definition) is 1. The van der Waals surface area contributed by atoms with Gasteiger partial charge in [-0.15, -0.1) is 0 Å². The summed E-state index contributed by atoms with van der Waals surface area (Å²) in [4.78, 5) is 28.0. The number of carbonyl (C=O) groups excluding carboxylic acids is 2. The molecule has 12 heteroatoms. The molecule has 0 fully saturated rings. The van der Waals surface area contributed by atoms with Crippen LogP contribution in [0.3, 0.4) is 0 Å². The van der Waals surface area contributed by atoms with Crippen molar-refractivity contribution in [3.05, 3.63) is 62.1 Å². The van der Waals surface area contributed by atoms with Crippen LogP contribution in [0.15, 0.2) is 36.4 Å². The van der Waals surface area contributed by atoms with Gasteiger partial charge in [-0.05, 0) is 48.7 Å². The van der Waals surface area contributed by atoms with Crippen LogP contribution in [0.2, 0.25) is 20.1 Å². The third kappa shape index (κ3) is 8.42. The van der Waals surface area contributed by atoms with Gasteiger partial charge in [-0.3, -0.25) is 13.9 Å². The molecule has 0 unspecified atom stereocenters. The third-order valence-corrected chi connectivity index (χ3v) is 7.68. The molecule has 0 saturated heterocycles. The van der Waals surface area contributed by atoms with Crippen LogP contribution in [-0.2, 0) is 26.2 Å². The molecule has 2 rings (SSSR count). The van der Waals surface area contributed by atoms with Gasteiger partial charge in [0.15, 0.2) is 0 Å². The fourth-order valence-corrected chi connectivity index (χ4v) is 5.43. The molecule has 2 aromatic rings. The van der Waals surface area contributed by atoms with Crippen LogP contribution >= 0.6 is 46.4 Å². The van der Waals surface area contributed by atoms with E-state index in [9.17, 15) is 18.0 Å². The van der Waals surface area contributed by atoms with Crippen LogP contribution in [0.1, 0.15) is 38.7 Å². The summed E-state index contributed by atoms with van der Waals surface area (Å²) >= 11 is 24.6. The van der Waals surface area contributed by atoms with Gasteiger partial charge in [0.25, 0.3) is 0 Å². The smallest absolute Gasteiger partial charge is 0.244 e. The topological polar surface area (TPSA) is 86.8 Å². The lowest BCUT2D eigenvalue weighted by Gasteiger charge is -2.33. The van der Waals surface area contributed by atoms with Gasteiger partial charge in [0.1, 0.15) is 12.6 Å². The highest BCUT2D eigenvalue weighted by Crippen LogP contribution is 2.31. The molecule has 1 atom stereocenters. The number of carbonyl (C=O) groups is 2. The largest absolute Gasteiger partial charge is 0.354 e. The molecule has 7 nitrogen and oxygen atoms in total. The molecule has 198 valence electrons. The van der Waals surface area contributed by atoms with Crippen LogP contribution in [0.4, 0.5) is 5.69 Å². The number of nitrogens with one attached hydrogen (secondary N) is 1. The number of halogens is 4. The second-order valence-corrected chi connectivity index (χ2v) is 11.8. The molecular weight excluding hydrogens is 568 g/mol. The quantitative estimate of drug-likeness (QED) is 0.314. The van der Waals surface area contributed by atoms with E-state index in [-0.39, 0.29) is 23.2 Å². The lowest BCUT2D eigenvalue weighted by atomic mass is 10.1. The number of nitrogens with zero attached hydrogens (tertiary/aromatic N) is 2. The monoisotopic (exact) mass is 595 g/mol. The average Bonchev–Trinajstić information content (AvgIpc) is 2.78. The highest BCUT2D eigenvalue weighted by Gasteiger charge is 2.32. The predicted octanol–water partition coefficient (Wildman–Crippen LogP) is 5.79. The predicted molar refractivity (Wildman–Crippen MR) is 148 cm³/mol. The number of hydrogen-bond acceptors (Lipinski definition) is 4. The van der Waals surface area contributed by atoms with Gasteiger partial charge >= 0.3 is 0 Å². The highest BCUT2D eigenvalue weighted by atomic mass is 35.5. The zero-order chi connectivity index (χ0) is 27.0. The summed E-state index contributed by atoms with van der Waals surface area (Å²) in [5, 5.41) is 3.98. The first kappa shape index (κ1) is 30.5. The maximum atomic E-state index is 13.7. The van der Waals surface area contributed by atoms with Crippen molar-refractivity contribution in [2.45, 2.75) is 45.7 Å². The number of benzene rings is 2. The van der Waals surface area contributed by atoms with Crippen molar-refractivity contribution in [2.24, 2.45) is 0 Å². The molecule has 0 aliphatic rings. The Hall–Kier alpha value is -1.71. The normalized spacial score (nSPS) is 12.2. The average molecular weight is 597 g/mol. The number of unbranched alkanes of at least 4 members (excludes halogenated alkanes) is 1. The van der Waals surface area contributed by atoms with E-state index in [1.807, 2.05) is 6.92 Å². The second kappa shape index (κ2) is 13.7. The van der Waals surface area contributed by atoms with Gasteiger partial charge < -0.3 is 10.2 Å². The molecule has 0 aromatic heterocycles. The summed E-state index contributed by atoms with van der Waals surface area (Å²) in [5.41, 5.74) is 0.659. The maximum absolute atomic E-state index is 13.7. The van der Waals surface area contributed by atoms with Crippen molar-refractivity contribution >= 4 is 73.9 Å². The van der Waals surface area contributed by atoms with Crippen molar-refractivity contribution < 1.29 is 18.0 Å². The first-order valence-corrected chi connectivity index (χ1v) is 14.7. The van der Waals surface area contributed by atoms with Crippen LogP contribution in [0, 0.1) is 0 Å². The fourth-order valence-electron chi connectivity index (χ4n) is 3.54. The van der Waals surface area contributed by atoms with E-state index in [1.54, 1.807) is 25.1 Å². The molecule has 36 heavy (non-hydrogen) atoms. The number of amides is 2. The molecule has 0 bridgehead atoms. The first-order chi connectivity index (χ1) is 16.9. The van der Waals surface area contributed by atoms with Gasteiger partial charge in [0.2, 0.25) is 21.8 Å². The lowest BCUT2D eigenvalue weighted by molar-refractivity contribution is -0.140. The zero-order valence-corrected chi connectivity index (χ0v) is 24.1. The van der Waals surface area contributed by atoms with E-state index in [0.29, 0.717) is 33.6 Å². The Morgan fingerprint density at radius 2 is 1.58 bits per heavy atom. The molecule has 0 aliphatic heterocycles. The minimum absolute atomic E-state index is 0.0273. The number of anilines is 1. The minimum atomic E-state index is -3.92. The summed E-state index contributed by atoms with van der Waals surface area (Å²) in [5.74, 6) is -0.935. The Labute approximate surface area is 232 Å². The third-order valence-electron chi connectivity index (χ3n) is 5.43. The van der Waals surface area contributed by atoms with E-state index in [0.717, 1.165) is 23.4 Å². The zero-order valence-electron chi connectivity index (χ0n) is 20.2. The summed E-state index contributed by atoms with van der Waals surface area (Å²) in [7, 11) is -3.92. The van der Waals surface area contributed by atoms with Crippen molar-refractivity contribution in [3.63, 3.8) is 0 Å². The van der Waals surface area contributed by atoms with E-state index in [2.05, 4.69) is 5.32 Å². The van der Waals surface area contributed by atoms with Gasteiger partial charge in [0, 0.05) is 28.2 Å². The Kier molecular flexibility index (Phi) is 11.6. The maximum Gasteiger partial charge on any atom is 0.244 e. The van der Waals surface area contributed by atoms with Crippen LogP contribution < -0.4 is 9.62 Å². The van der Waals surface area contributed by atoms with E-state index in [1.165, 1.54) is 23.1 Å². The van der Waals surface area contributed by atoms with Crippen LogP contribution in [0.5, 0.6) is 0 Å². The van der Waals surface area contributed by atoms with Gasteiger partial charge in [-0.25, -0.2) is 8.42 Å². The molecule has 0 radical (unpaired) electrons. The molecule has 0 heterocycles. The fraction of sp³-hybridized carbons (Fsp3) is 0.417. The Morgan fingerprint density at radius 3 is 2.11 bits per heavy atom. The Morgan fingerprint density at radius 1 is 0.972 bits per heavy atom. The Bertz CT molecular complexity index is 1190. The van der Waals surface area contributed by atoms with Crippen molar-refractivity contribution in [3.8, 4) is 0 Å². The molecule has 0 saturated carbocycles.